The molecule has 1 aliphatic rings. The molecule has 1 fully saturated rings. The number of carbonyl (C=O) groups is 1. The lowest BCUT2D eigenvalue weighted by Gasteiger charge is -2.12. The monoisotopic (exact) mass is 414 g/mol. The zero-order chi connectivity index (χ0) is 19.8. The van der Waals surface area contributed by atoms with Crippen molar-refractivity contribution in [3.63, 3.8) is 0 Å². The fourth-order valence-electron chi connectivity index (χ4n) is 2.80. The third-order valence-electron chi connectivity index (χ3n) is 4.33. The number of hydrogen-bond acceptors (Lipinski definition) is 3. The molecule has 0 saturated heterocycles. The number of methoxy groups -OCH3 is 1. The third kappa shape index (κ3) is 3.85. The van der Waals surface area contributed by atoms with Gasteiger partial charge >= 0.3 is 5.97 Å². The van der Waals surface area contributed by atoms with Crippen LogP contribution in [-0.2, 0) is 27.5 Å². The van der Waals surface area contributed by atoms with Gasteiger partial charge in [0.15, 0.2) is 23.3 Å². The van der Waals surface area contributed by atoms with Crippen molar-refractivity contribution in [3.8, 4) is 0 Å². The quantitative estimate of drug-likeness (QED) is 0.220. The highest BCUT2D eigenvalue weighted by Crippen LogP contribution is 2.58. The number of esters is 1. The van der Waals surface area contributed by atoms with Crippen LogP contribution in [0.4, 0.5) is 17.6 Å². The van der Waals surface area contributed by atoms with Gasteiger partial charge in [-0.2, -0.15) is 0 Å². The molecule has 1 aliphatic carbocycles. The van der Waals surface area contributed by atoms with Crippen molar-refractivity contribution >= 4 is 29.2 Å². The first kappa shape index (κ1) is 21.0. The molecule has 1 saturated carbocycles. The lowest BCUT2D eigenvalue weighted by molar-refractivity contribution is -0.147. The molecule has 0 aliphatic heterocycles. The second-order valence-corrected chi connectivity index (χ2v) is 7.53. The van der Waals surface area contributed by atoms with E-state index in [1.165, 1.54) is 6.08 Å². The van der Waals surface area contributed by atoms with E-state index in [0.717, 1.165) is 7.11 Å². The summed E-state index contributed by atoms with van der Waals surface area (Å²) in [6.45, 7) is 1.87. The van der Waals surface area contributed by atoms with E-state index >= 15 is 0 Å². The van der Waals surface area contributed by atoms with Gasteiger partial charge in [-0.3, -0.25) is 4.79 Å². The van der Waals surface area contributed by atoms with Gasteiger partial charge < -0.3 is 9.47 Å². The zero-order valence-electron chi connectivity index (χ0n) is 14.1. The molecule has 1 aromatic rings. The van der Waals surface area contributed by atoms with Gasteiger partial charge in [0.2, 0.25) is 0 Å². The summed E-state index contributed by atoms with van der Waals surface area (Å²) in [7, 11) is 1.12. The number of ether oxygens (including phenoxy) is 2. The molecule has 2 rings (SSSR count). The smallest absolute Gasteiger partial charge is 0.314 e. The first-order valence-corrected chi connectivity index (χ1v) is 8.40. The Labute approximate surface area is 157 Å². The van der Waals surface area contributed by atoms with E-state index in [1.54, 1.807) is 13.8 Å². The maximum atomic E-state index is 14.0. The fraction of sp³-hybridized carbons (Fsp3) is 0.471. The Morgan fingerprint density at radius 2 is 1.54 bits per heavy atom. The lowest BCUT2D eigenvalue weighted by atomic mass is 10.1. The van der Waals surface area contributed by atoms with Crippen LogP contribution in [0.1, 0.15) is 25.0 Å². The Bertz CT molecular complexity index is 734. The Morgan fingerprint density at radius 1 is 1.08 bits per heavy atom. The Balaban J connectivity index is 2.19. The van der Waals surface area contributed by atoms with Crippen molar-refractivity contribution in [1.29, 1.82) is 0 Å². The molecule has 144 valence electrons. The van der Waals surface area contributed by atoms with Gasteiger partial charge in [-0.05, 0) is 5.57 Å². The predicted molar refractivity (Wildman–Crippen MR) is 87.6 cm³/mol. The van der Waals surface area contributed by atoms with E-state index in [9.17, 15) is 22.4 Å². The first-order valence-electron chi connectivity index (χ1n) is 7.53. The number of alkyl halides is 2. The van der Waals surface area contributed by atoms with E-state index in [2.05, 4.69) is 4.74 Å². The minimum atomic E-state index is -1.63. The van der Waals surface area contributed by atoms with Crippen molar-refractivity contribution in [2.75, 3.05) is 7.11 Å². The van der Waals surface area contributed by atoms with Crippen molar-refractivity contribution in [3.05, 3.63) is 46.0 Å². The van der Waals surface area contributed by atoms with Gasteiger partial charge in [-0.15, -0.1) is 23.2 Å². The highest BCUT2D eigenvalue weighted by molar-refractivity contribution is 6.45. The second kappa shape index (κ2) is 7.74. The number of carbonyl (C=O) groups excluding carboxylic acids is 1. The highest BCUT2D eigenvalue weighted by atomic mass is 35.5. The summed E-state index contributed by atoms with van der Waals surface area (Å²) in [5, 5.41) is 0. The number of rotatable bonds is 6. The van der Waals surface area contributed by atoms with Crippen LogP contribution >= 0.6 is 23.2 Å². The topological polar surface area (TPSA) is 35.5 Å². The average molecular weight is 415 g/mol. The zero-order valence-corrected chi connectivity index (χ0v) is 15.7. The van der Waals surface area contributed by atoms with Gasteiger partial charge in [0.05, 0.1) is 23.7 Å². The van der Waals surface area contributed by atoms with Gasteiger partial charge in [0, 0.05) is 12.5 Å². The molecule has 1 aromatic carbocycles. The molecular weight excluding hydrogens is 399 g/mol. The summed E-state index contributed by atoms with van der Waals surface area (Å²) < 4.78 is 65.2. The van der Waals surface area contributed by atoms with E-state index in [4.69, 9.17) is 27.9 Å². The number of allylic oxidation sites excluding steroid dienone is 1. The van der Waals surface area contributed by atoms with Gasteiger partial charge in [0.1, 0.15) is 11.4 Å². The minimum absolute atomic E-state index is 0.574. The van der Waals surface area contributed by atoms with Gasteiger partial charge in [-0.1, -0.05) is 19.9 Å². The fourth-order valence-corrected chi connectivity index (χ4v) is 3.07. The summed E-state index contributed by atoms with van der Waals surface area (Å²) in [5.41, 5.74) is -1.84. The van der Waals surface area contributed by atoms with Crippen LogP contribution in [0.2, 0.25) is 0 Å². The molecule has 0 N–H and O–H groups in total. The summed E-state index contributed by atoms with van der Waals surface area (Å²) >= 11 is 11.3. The Kier molecular flexibility index (Phi) is 6.25. The van der Waals surface area contributed by atoms with Crippen molar-refractivity contribution in [2.45, 2.75) is 31.9 Å². The van der Waals surface area contributed by atoms with Crippen LogP contribution in [0.25, 0.3) is 0 Å². The Hall–Kier alpha value is -1.31. The number of halogens is 6. The van der Waals surface area contributed by atoms with E-state index in [0.29, 0.717) is 5.57 Å². The predicted octanol–water partition coefficient (Wildman–Crippen LogP) is 4.82. The molecule has 0 heterocycles. The molecule has 26 heavy (non-hydrogen) atoms. The Morgan fingerprint density at radius 3 is 1.96 bits per heavy atom. The van der Waals surface area contributed by atoms with Crippen molar-refractivity contribution in [2.24, 2.45) is 11.3 Å². The molecule has 0 amide bonds. The van der Waals surface area contributed by atoms with Crippen LogP contribution in [0.5, 0.6) is 0 Å². The number of benzene rings is 1. The average Bonchev–Trinajstić information content (AvgIpc) is 3.09. The molecule has 0 radical (unpaired) electrons. The van der Waals surface area contributed by atoms with E-state index in [-0.39, 0.29) is 0 Å². The van der Waals surface area contributed by atoms with Gasteiger partial charge in [0.25, 0.3) is 0 Å². The van der Waals surface area contributed by atoms with Crippen molar-refractivity contribution in [1.82, 2.24) is 0 Å². The van der Waals surface area contributed by atoms with E-state index < -0.39 is 69.7 Å². The van der Waals surface area contributed by atoms with Crippen LogP contribution in [-0.4, -0.2) is 17.9 Å². The molecule has 9 heteroatoms. The third-order valence-corrected chi connectivity index (χ3v) is 4.58. The largest absolute Gasteiger partial charge is 0.460 e. The maximum Gasteiger partial charge on any atom is 0.314 e. The summed E-state index contributed by atoms with van der Waals surface area (Å²) in [5.74, 6) is -7.92. The molecule has 0 bridgehead atoms. The molecular formula is C17H16Cl2F4O3. The second-order valence-electron chi connectivity index (χ2n) is 6.36. The summed E-state index contributed by atoms with van der Waals surface area (Å²) in [6, 6.07) is 0. The summed E-state index contributed by atoms with van der Waals surface area (Å²) in [6.07, 6.45) is 1.47. The van der Waals surface area contributed by atoms with Crippen LogP contribution in [0.15, 0.2) is 11.6 Å². The molecule has 1 unspecified atom stereocenters. The lowest BCUT2D eigenvalue weighted by Crippen LogP contribution is -2.15. The molecule has 0 spiro atoms. The van der Waals surface area contributed by atoms with Crippen LogP contribution < -0.4 is 0 Å². The van der Waals surface area contributed by atoms with Gasteiger partial charge in [-0.25, -0.2) is 17.6 Å². The minimum Gasteiger partial charge on any atom is -0.460 e. The first-order chi connectivity index (χ1) is 12.0. The standard InChI is InChI=1S/C17H16Cl2F4O3/c1-17(2)9(4-10(18)19)11(17)16(24)26-6-8-14(22)12(20)7(5-25-3)13(21)15(8)23/h4,10-11H,5-6H2,1-3H3. The summed E-state index contributed by atoms with van der Waals surface area (Å²) in [4.78, 5) is 11.3. The highest BCUT2D eigenvalue weighted by Gasteiger charge is 2.57. The SMILES string of the molecule is COCc1c(F)c(F)c(COC(=O)C2C(=CC(Cl)Cl)C2(C)C)c(F)c1F. The van der Waals surface area contributed by atoms with Crippen molar-refractivity contribution < 1.29 is 31.8 Å². The van der Waals surface area contributed by atoms with Crippen LogP contribution in [0, 0.1) is 34.6 Å². The number of hydrogen-bond donors (Lipinski definition) is 0. The molecule has 3 nitrogen and oxygen atoms in total. The maximum absolute atomic E-state index is 14.0. The van der Waals surface area contributed by atoms with Crippen LogP contribution in [0.3, 0.4) is 0 Å². The molecule has 1 atom stereocenters. The van der Waals surface area contributed by atoms with E-state index in [1.807, 2.05) is 0 Å². The molecule has 0 aromatic heterocycles. The normalized spacial score (nSPS) is 19.9.